The highest BCUT2D eigenvalue weighted by molar-refractivity contribution is 14.0. The van der Waals surface area contributed by atoms with Crippen LogP contribution in [-0.4, -0.2) is 33.0 Å². The number of hydrogen-bond donors (Lipinski definition) is 3. The molecule has 0 spiro atoms. The number of aromatic nitrogens is 1. The average molecular weight is 509 g/mol. The number of thiazole rings is 1. The van der Waals surface area contributed by atoms with Gasteiger partial charge in [-0.1, -0.05) is 19.1 Å². The van der Waals surface area contributed by atoms with E-state index in [4.69, 9.17) is 5.14 Å². The van der Waals surface area contributed by atoms with Gasteiger partial charge in [0, 0.05) is 37.6 Å². The normalized spacial score (nSPS) is 11.7. The molecule has 2 rings (SSSR count). The van der Waals surface area contributed by atoms with Gasteiger partial charge in [0.2, 0.25) is 10.0 Å². The first kappa shape index (κ1) is 22.8. The SMILES string of the molecule is CCc1cnc(CCNC(=NC)NCc2cccc(S(N)(=O)=O)c2)s1.I. The third-order valence-electron chi connectivity index (χ3n) is 3.49. The molecule has 0 bridgehead atoms. The topological polar surface area (TPSA) is 109 Å². The molecule has 0 saturated heterocycles. The summed E-state index contributed by atoms with van der Waals surface area (Å²) in [6.45, 7) is 3.28. The molecule has 0 saturated carbocycles. The van der Waals surface area contributed by atoms with Crippen molar-refractivity contribution in [3.8, 4) is 0 Å². The molecule has 0 aliphatic rings. The van der Waals surface area contributed by atoms with E-state index in [1.807, 2.05) is 12.3 Å². The number of hydrogen-bond acceptors (Lipinski definition) is 5. The van der Waals surface area contributed by atoms with Crippen LogP contribution in [0.2, 0.25) is 0 Å². The van der Waals surface area contributed by atoms with Crippen LogP contribution in [0.1, 0.15) is 22.4 Å². The molecule has 10 heteroatoms. The van der Waals surface area contributed by atoms with Crippen LogP contribution in [0, 0.1) is 0 Å². The summed E-state index contributed by atoms with van der Waals surface area (Å²) in [5.74, 6) is 0.647. The summed E-state index contributed by atoms with van der Waals surface area (Å²) in [5.41, 5.74) is 0.807. The molecule has 1 heterocycles. The smallest absolute Gasteiger partial charge is 0.238 e. The monoisotopic (exact) mass is 509 g/mol. The van der Waals surface area contributed by atoms with E-state index in [0.29, 0.717) is 19.0 Å². The summed E-state index contributed by atoms with van der Waals surface area (Å²) < 4.78 is 22.8. The zero-order valence-corrected chi connectivity index (χ0v) is 18.7. The Balaban J connectivity index is 0.00000338. The Bertz CT molecular complexity index is 837. The molecule has 26 heavy (non-hydrogen) atoms. The standard InChI is InChI=1S/C16H23N5O2S2.HI/c1-3-13-11-20-15(24-13)7-8-19-16(18-2)21-10-12-5-4-6-14(9-12)25(17,22)23;/h4-6,9,11H,3,7-8,10H2,1-2H3,(H2,17,22,23)(H2,18,19,21);1H. The molecule has 0 amide bonds. The van der Waals surface area contributed by atoms with Crippen LogP contribution in [-0.2, 0) is 29.4 Å². The van der Waals surface area contributed by atoms with Crippen LogP contribution in [0.5, 0.6) is 0 Å². The number of nitrogens with zero attached hydrogens (tertiary/aromatic N) is 2. The van der Waals surface area contributed by atoms with Gasteiger partial charge in [0.1, 0.15) is 0 Å². The number of sulfonamides is 1. The summed E-state index contributed by atoms with van der Waals surface area (Å²) in [6.07, 6.45) is 3.75. The van der Waals surface area contributed by atoms with Crippen molar-refractivity contribution in [2.75, 3.05) is 13.6 Å². The van der Waals surface area contributed by atoms with E-state index in [0.717, 1.165) is 23.4 Å². The Kier molecular flexibility index (Phi) is 9.47. The van der Waals surface area contributed by atoms with E-state index in [1.54, 1.807) is 30.5 Å². The van der Waals surface area contributed by atoms with Crippen molar-refractivity contribution in [2.45, 2.75) is 31.2 Å². The van der Waals surface area contributed by atoms with Gasteiger partial charge in [0.25, 0.3) is 0 Å². The molecule has 0 fully saturated rings. The van der Waals surface area contributed by atoms with Gasteiger partial charge in [-0.2, -0.15) is 0 Å². The molecule has 2 aromatic rings. The highest BCUT2D eigenvalue weighted by Crippen LogP contribution is 2.13. The number of aryl methyl sites for hydroxylation is 1. The van der Waals surface area contributed by atoms with Crippen LogP contribution < -0.4 is 15.8 Å². The highest BCUT2D eigenvalue weighted by Gasteiger charge is 2.08. The van der Waals surface area contributed by atoms with Gasteiger partial charge in [0.15, 0.2) is 5.96 Å². The first-order valence-electron chi connectivity index (χ1n) is 7.92. The second kappa shape index (κ2) is 10.8. The Morgan fingerprint density at radius 3 is 2.73 bits per heavy atom. The predicted molar refractivity (Wildman–Crippen MR) is 117 cm³/mol. The van der Waals surface area contributed by atoms with Gasteiger partial charge in [-0.25, -0.2) is 18.5 Å². The molecule has 7 nitrogen and oxygen atoms in total. The number of nitrogens with two attached hydrogens (primary N) is 1. The highest BCUT2D eigenvalue weighted by atomic mass is 127. The summed E-state index contributed by atoms with van der Waals surface area (Å²) in [7, 11) is -2.00. The molecule has 1 aromatic heterocycles. The first-order chi connectivity index (χ1) is 11.9. The maximum atomic E-state index is 11.4. The third kappa shape index (κ3) is 7.17. The fourth-order valence-corrected chi connectivity index (χ4v) is 3.60. The van der Waals surface area contributed by atoms with Gasteiger partial charge in [-0.3, -0.25) is 4.99 Å². The molecular formula is C16H24IN5O2S2. The first-order valence-corrected chi connectivity index (χ1v) is 10.3. The summed E-state index contributed by atoms with van der Waals surface area (Å²) >= 11 is 1.73. The van der Waals surface area contributed by atoms with Crippen molar-refractivity contribution < 1.29 is 8.42 Å². The zero-order chi connectivity index (χ0) is 18.3. The van der Waals surface area contributed by atoms with Crippen LogP contribution in [0.15, 0.2) is 40.4 Å². The lowest BCUT2D eigenvalue weighted by Crippen LogP contribution is -2.37. The molecule has 0 aliphatic heterocycles. The largest absolute Gasteiger partial charge is 0.356 e. The van der Waals surface area contributed by atoms with Crippen molar-refractivity contribution >= 4 is 51.3 Å². The quantitative estimate of drug-likeness (QED) is 0.300. The molecule has 0 unspecified atom stereocenters. The number of guanidine groups is 1. The van der Waals surface area contributed by atoms with Gasteiger partial charge >= 0.3 is 0 Å². The van der Waals surface area contributed by atoms with Crippen molar-refractivity contribution in [3.05, 3.63) is 45.9 Å². The van der Waals surface area contributed by atoms with Crippen LogP contribution >= 0.6 is 35.3 Å². The number of rotatable bonds is 7. The fraction of sp³-hybridized carbons (Fsp3) is 0.375. The minimum absolute atomic E-state index is 0. The second-order valence-electron chi connectivity index (χ2n) is 5.37. The van der Waals surface area contributed by atoms with E-state index in [1.165, 1.54) is 10.9 Å². The average Bonchev–Trinajstić information content (AvgIpc) is 3.05. The zero-order valence-electron chi connectivity index (χ0n) is 14.7. The predicted octanol–water partition coefficient (Wildman–Crippen LogP) is 1.88. The van der Waals surface area contributed by atoms with Crippen molar-refractivity contribution in [1.29, 1.82) is 0 Å². The summed E-state index contributed by atoms with van der Waals surface area (Å²) in [5, 5.41) is 12.6. The number of primary sulfonamides is 1. The van der Waals surface area contributed by atoms with Gasteiger partial charge in [-0.15, -0.1) is 35.3 Å². The Morgan fingerprint density at radius 2 is 2.12 bits per heavy atom. The summed E-state index contributed by atoms with van der Waals surface area (Å²) in [6, 6.07) is 6.53. The van der Waals surface area contributed by atoms with E-state index in [2.05, 4.69) is 27.5 Å². The number of aliphatic imine (C=N–C) groups is 1. The maximum absolute atomic E-state index is 11.4. The fourth-order valence-electron chi connectivity index (χ4n) is 2.15. The Hall–Kier alpha value is -1.24. The molecule has 144 valence electrons. The lowest BCUT2D eigenvalue weighted by atomic mass is 10.2. The van der Waals surface area contributed by atoms with Crippen LogP contribution in [0.25, 0.3) is 0 Å². The van der Waals surface area contributed by atoms with E-state index >= 15 is 0 Å². The minimum atomic E-state index is -3.69. The maximum Gasteiger partial charge on any atom is 0.238 e. The molecule has 4 N–H and O–H groups in total. The molecule has 0 atom stereocenters. The third-order valence-corrected chi connectivity index (χ3v) is 5.60. The Morgan fingerprint density at radius 1 is 1.35 bits per heavy atom. The van der Waals surface area contributed by atoms with E-state index < -0.39 is 10.0 Å². The molecule has 1 aromatic carbocycles. The molecular weight excluding hydrogens is 485 g/mol. The van der Waals surface area contributed by atoms with Crippen molar-refractivity contribution in [2.24, 2.45) is 10.1 Å². The number of nitrogens with one attached hydrogen (secondary N) is 2. The number of benzene rings is 1. The second-order valence-corrected chi connectivity index (χ2v) is 8.13. The van der Waals surface area contributed by atoms with Crippen molar-refractivity contribution in [1.82, 2.24) is 15.6 Å². The van der Waals surface area contributed by atoms with Crippen LogP contribution in [0.4, 0.5) is 0 Å². The minimum Gasteiger partial charge on any atom is -0.356 e. The molecule has 0 radical (unpaired) electrons. The summed E-state index contributed by atoms with van der Waals surface area (Å²) in [4.78, 5) is 9.93. The number of halogens is 1. The van der Waals surface area contributed by atoms with Crippen molar-refractivity contribution in [3.63, 3.8) is 0 Å². The lowest BCUT2D eigenvalue weighted by molar-refractivity contribution is 0.597. The Labute approximate surface area is 175 Å². The van der Waals surface area contributed by atoms with E-state index in [9.17, 15) is 8.42 Å². The van der Waals surface area contributed by atoms with Gasteiger partial charge in [0.05, 0.1) is 9.90 Å². The van der Waals surface area contributed by atoms with E-state index in [-0.39, 0.29) is 28.9 Å². The van der Waals surface area contributed by atoms with Gasteiger partial charge in [-0.05, 0) is 24.1 Å². The lowest BCUT2D eigenvalue weighted by Gasteiger charge is -2.12. The van der Waals surface area contributed by atoms with Gasteiger partial charge < -0.3 is 10.6 Å². The molecule has 0 aliphatic carbocycles. The van der Waals surface area contributed by atoms with Crippen LogP contribution in [0.3, 0.4) is 0 Å².